The van der Waals surface area contributed by atoms with Crippen LogP contribution in [0.5, 0.6) is 0 Å². The summed E-state index contributed by atoms with van der Waals surface area (Å²) in [4.78, 5) is 0. The summed E-state index contributed by atoms with van der Waals surface area (Å²) in [6.07, 6.45) is 4.59. The quantitative estimate of drug-likeness (QED) is 0.388. The summed E-state index contributed by atoms with van der Waals surface area (Å²) in [6.45, 7) is 0. The second-order valence-corrected chi connectivity index (χ2v) is 4.08. The monoisotopic (exact) mass is 184 g/mol. The van der Waals surface area contributed by atoms with Gasteiger partial charge in [-0.25, -0.2) is 0 Å². The van der Waals surface area contributed by atoms with E-state index in [0.717, 1.165) is 0 Å². The fraction of sp³-hybridized carbons (Fsp3) is 0.500. The van der Waals surface area contributed by atoms with Crippen LogP contribution in [0.1, 0.15) is 0 Å². The average molecular weight is 182 g/mol. The number of rotatable bonds is 0. The predicted molar refractivity (Wildman–Crippen MR) is 24.5 cm³/mol. The van der Waals surface area contributed by atoms with E-state index < -0.39 is 0 Å². The molecule has 0 saturated carbocycles. The average Bonchev–Trinajstić information content (AvgIpc) is 1.76. The van der Waals surface area contributed by atoms with Crippen LogP contribution in [0.15, 0.2) is 12.2 Å². The van der Waals surface area contributed by atoms with Gasteiger partial charge in [-0.05, 0) is 0 Å². The van der Waals surface area contributed by atoms with E-state index in [1.54, 1.807) is 0 Å². The maximum atomic E-state index is 2.29. The third-order valence-electron chi connectivity index (χ3n) is 0.595. The van der Waals surface area contributed by atoms with E-state index >= 15 is 0 Å². The first kappa shape index (κ1) is 3.71. The van der Waals surface area contributed by atoms with Crippen LogP contribution in [0.2, 0.25) is 8.94 Å². The first-order valence-electron chi connectivity index (χ1n) is 1.73. The number of hydrogen-bond donors (Lipinski definition) is 0. The molecule has 1 heteroatoms. The van der Waals surface area contributed by atoms with Crippen LogP contribution in [0.3, 0.4) is 0 Å². The van der Waals surface area contributed by atoms with Gasteiger partial charge < -0.3 is 0 Å². The van der Waals surface area contributed by atoms with Gasteiger partial charge in [0, 0.05) is 0 Å². The van der Waals surface area contributed by atoms with E-state index in [4.69, 9.17) is 0 Å². The Kier molecular flexibility index (Phi) is 1.37. The zero-order chi connectivity index (χ0) is 3.54. The molecule has 1 aliphatic heterocycles. The standard InChI is InChI=1S/C4H6Te/c1-2-4-5-3-1/h1-2H,3-4H2. The Morgan fingerprint density at radius 2 is 1.80 bits per heavy atom. The number of hydrogen-bond acceptors (Lipinski definition) is 0. The van der Waals surface area contributed by atoms with Gasteiger partial charge in [-0.1, -0.05) is 0 Å². The van der Waals surface area contributed by atoms with Crippen LogP contribution in [0, 0.1) is 0 Å². The summed E-state index contributed by atoms with van der Waals surface area (Å²) in [5, 5.41) is 0. The Morgan fingerprint density at radius 1 is 1.20 bits per heavy atom. The van der Waals surface area contributed by atoms with Gasteiger partial charge in [0.25, 0.3) is 0 Å². The van der Waals surface area contributed by atoms with E-state index in [1.165, 1.54) is 8.94 Å². The van der Waals surface area contributed by atoms with Crippen molar-refractivity contribution in [3.8, 4) is 0 Å². The molecular formula is C4H6Te. The molecule has 0 spiro atoms. The summed E-state index contributed by atoms with van der Waals surface area (Å²) >= 11 is 0.493. The number of allylic oxidation sites excluding steroid dienone is 2. The van der Waals surface area contributed by atoms with Gasteiger partial charge in [0.15, 0.2) is 0 Å². The van der Waals surface area contributed by atoms with Gasteiger partial charge in [-0.2, -0.15) is 0 Å². The van der Waals surface area contributed by atoms with Crippen molar-refractivity contribution in [1.82, 2.24) is 0 Å². The third kappa shape index (κ3) is 0.948. The fourth-order valence-corrected chi connectivity index (χ4v) is 2.28. The van der Waals surface area contributed by atoms with Crippen LogP contribution in [0.25, 0.3) is 0 Å². The normalized spacial score (nSPS) is 20.8. The van der Waals surface area contributed by atoms with Crippen LogP contribution in [-0.4, -0.2) is 20.9 Å². The first-order valence-corrected chi connectivity index (χ1v) is 5.02. The summed E-state index contributed by atoms with van der Waals surface area (Å²) in [5.41, 5.74) is 0. The van der Waals surface area contributed by atoms with Crippen molar-refractivity contribution in [1.29, 1.82) is 0 Å². The fourth-order valence-electron chi connectivity index (χ4n) is 0.340. The summed E-state index contributed by atoms with van der Waals surface area (Å²) < 4.78 is 2.90. The zero-order valence-electron chi connectivity index (χ0n) is 2.98. The molecule has 28 valence electrons. The molecule has 1 aliphatic rings. The van der Waals surface area contributed by atoms with Gasteiger partial charge in [-0.3, -0.25) is 0 Å². The molecule has 0 amide bonds. The Balaban J connectivity index is 2.32. The predicted octanol–water partition coefficient (Wildman–Crippen LogP) is 1.10. The first-order chi connectivity index (χ1) is 2.50. The van der Waals surface area contributed by atoms with Crippen molar-refractivity contribution in [3.05, 3.63) is 12.2 Å². The van der Waals surface area contributed by atoms with Gasteiger partial charge in [0.2, 0.25) is 0 Å². The SMILES string of the molecule is C1=CC[Te]C1. The van der Waals surface area contributed by atoms with Gasteiger partial charge >= 0.3 is 42.0 Å². The molecule has 0 aromatic carbocycles. The minimum atomic E-state index is 0.493. The van der Waals surface area contributed by atoms with Crippen molar-refractivity contribution in [3.63, 3.8) is 0 Å². The molecule has 0 unspecified atom stereocenters. The molecule has 0 radical (unpaired) electrons. The van der Waals surface area contributed by atoms with E-state index in [9.17, 15) is 0 Å². The van der Waals surface area contributed by atoms with Crippen molar-refractivity contribution >= 4 is 20.9 Å². The second kappa shape index (κ2) is 1.85. The molecule has 0 aliphatic carbocycles. The Morgan fingerprint density at radius 3 is 2.00 bits per heavy atom. The maximum absolute atomic E-state index is 2.29. The second-order valence-electron chi connectivity index (χ2n) is 1.01. The Labute approximate surface area is 42.3 Å². The van der Waals surface area contributed by atoms with Gasteiger partial charge in [0.05, 0.1) is 0 Å². The molecule has 0 fully saturated rings. The van der Waals surface area contributed by atoms with Crippen molar-refractivity contribution in [2.75, 3.05) is 0 Å². The topological polar surface area (TPSA) is 0 Å². The molecule has 5 heavy (non-hydrogen) atoms. The van der Waals surface area contributed by atoms with Gasteiger partial charge in [0.1, 0.15) is 0 Å². The molecule has 0 N–H and O–H groups in total. The molecule has 0 aromatic rings. The molecule has 0 saturated heterocycles. The Hall–Kier alpha value is 0.530. The van der Waals surface area contributed by atoms with Gasteiger partial charge in [-0.15, -0.1) is 0 Å². The molecule has 0 bridgehead atoms. The Bertz CT molecular complexity index is 41.6. The molecule has 0 atom stereocenters. The van der Waals surface area contributed by atoms with Crippen molar-refractivity contribution in [2.24, 2.45) is 0 Å². The molecule has 0 nitrogen and oxygen atoms in total. The molecule has 1 heterocycles. The zero-order valence-corrected chi connectivity index (χ0v) is 5.31. The van der Waals surface area contributed by atoms with E-state index in [1.807, 2.05) is 0 Å². The molecule has 0 aromatic heterocycles. The van der Waals surface area contributed by atoms with E-state index in [-0.39, 0.29) is 0 Å². The van der Waals surface area contributed by atoms with Crippen LogP contribution >= 0.6 is 0 Å². The minimum absolute atomic E-state index is 0.493. The van der Waals surface area contributed by atoms with E-state index in [2.05, 4.69) is 12.2 Å². The summed E-state index contributed by atoms with van der Waals surface area (Å²) in [5.74, 6) is 0. The van der Waals surface area contributed by atoms with Crippen LogP contribution in [0.4, 0.5) is 0 Å². The van der Waals surface area contributed by atoms with Crippen LogP contribution in [-0.2, 0) is 0 Å². The van der Waals surface area contributed by atoms with Crippen molar-refractivity contribution in [2.45, 2.75) is 8.94 Å². The molecular weight excluding hydrogens is 176 g/mol. The van der Waals surface area contributed by atoms with Crippen molar-refractivity contribution < 1.29 is 0 Å². The van der Waals surface area contributed by atoms with Crippen LogP contribution < -0.4 is 0 Å². The summed E-state index contributed by atoms with van der Waals surface area (Å²) in [7, 11) is 0. The molecule has 1 rings (SSSR count). The van der Waals surface area contributed by atoms with E-state index in [0.29, 0.717) is 20.9 Å². The third-order valence-corrected chi connectivity index (χ3v) is 3.04. The summed E-state index contributed by atoms with van der Waals surface area (Å²) in [6, 6.07) is 0.